The molecule has 0 N–H and O–H groups in total. The summed E-state index contributed by atoms with van der Waals surface area (Å²) >= 11 is 1.86. The van der Waals surface area contributed by atoms with Gasteiger partial charge in [-0.05, 0) is 131 Å². The highest BCUT2D eigenvalue weighted by Crippen LogP contribution is 2.42. The van der Waals surface area contributed by atoms with Crippen LogP contribution in [0.25, 0.3) is 141 Å². The van der Waals surface area contributed by atoms with Crippen LogP contribution in [0.4, 0.5) is 0 Å². The van der Waals surface area contributed by atoms with Gasteiger partial charge in [0.05, 0.1) is 22.1 Å². The lowest BCUT2D eigenvalue weighted by molar-refractivity contribution is 0.668. The van der Waals surface area contributed by atoms with E-state index in [2.05, 4.69) is 191 Å². The number of furan rings is 2. The van der Waals surface area contributed by atoms with E-state index in [1.807, 2.05) is 35.6 Å². The summed E-state index contributed by atoms with van der Waals surface area (Å²) in [6, 6.07) is 75.1. The van der Waals surface area contributed by atoms with Crippen LogP contribution >= 0.6 is 11.3 Å². The molecule has 0 fully saturated rings. The molecule has 0 aliphatic carbocycles. The molecule has 65 heavy (non-hydrogen) atoms. The molecule has 0 spiro atoms. The van der Waals surface area contributed by atoms with Crippen molar-refractivity contribution in [2.24, 2.45) is 0 Å². The van der Waals surface area contributed by atoms with Crippen LogP contribution in [0, 0.1) is 0 Å². The maximum absolute atomic E-state index is 6.16. The molecule has 0 aliphatic rings. The Labute approximate surface area is 375 Å². The van der Waals surface area contributed by atoms with E-state index in [9.17, 15) is 0 Å². The lowest BCUT2D eigenvalue weighted by Gasteiger charge is -2.10. The molecule has 0 radical (unpaired) electrons. The molecule has 0 amide bonds. The van der Waals surface area contributed by atoms with Crippen molar-refractivity contribution in [1.82, 2.24) is 9.13 Å². The molecule has 5 heteroatoms. The third-order valence-corrected chi connectivity index (χ3v) is 14.9. The number of rotatable bonds is 4. The average molecular weight is 847 g/mol. The summed E-state index contributed by atoms with van der Waals surface area (Å²) in [6.07, 6.45) is 0. The molecule has 302 valence electrons. The van der Waals surface area contributed by atoms with Gasteiger partial charge in [0, 0.05) is 74.6 Å². The highest BCUT2D eigenvalue weighted by molar-refractivity contribution is 7.25. The Morgan fingerprint density at radius 3 is 1.11 bits per heavy atom. The quantitative estimate of drug-likeness (QED) is 0.177. The summed E-state index contributed by atoms with van der Waals surface area (Å²) in [6.45, 7) is 0. The molecule has 0 unspecified atom stereocenters. The van der Waals surface area contributed by atoms with Crippen molar-refractivity contribution in [2.45, 2.75) is 0 Å². The Bertz CT molecular complexity index is 4210. The first-order valence-corrected chi connectivity index (χ1v) is 22.9. The fourth-order valence-corrected chi connectivity index (χ4v) is 11.8. The zero-order valence-electron chi connectivity index (χ0n) is 34.7. The molecule has 15 aromatic rings. The highest BCUT2D eigenvalue weighted by atomic mass is 32.1. The van der Waals surface area contributed by atoms with Gasteiger partial charge >= 0.3 is 0 Å². The topological polar surface area (TPSA) is 36.1 Å². The molecule has 15 rings (SSSR count). The smallest absolute Gasteiger partial charge is 0.135 e. The lowest BCUT2D eigenvalue weighted by Crippen LogP contribution is -1.94. The molecule has 5 heterocycles. The number of fused-ring (bicyclic) bond motifs is 15. The van der Waals surface area contributed by atoms with E-state index in [1.165, 1.54) is 86.0 Å². The van der Waals surface area contributed by atoms with Crippen LogP contribution in [0.15, 0.2) is 215 Å². The summed E-state index contributed by atoms with van der Waals surface area (Å²) in [5, 5.41) is 12.0. The van der Waals surface area contributed by atoms with Crippen LogP contribution in [0.2, 0.25) is 0 Å². The van der Waals surface area contributed by atoms with E-state index in [0.29, 0.717) is 0 Å². The monoisotopic (exact) mass is 846 g/mol. The summed E-state index contributed by atoms with van der Waals surface area (Å²) in [4.78, 5) is 0. The zero-order valence-corrected chi connectivity index (χ0v) is 35.6. The Kier molecular flexibility index (Phi) is 7.07. The number of nitrogens with zero attached hydrogens (tertiary/aromatic N) is 2. The average Bonchev–Trinajstić information content (AvgIpc) is 4.17. The van der Waals surface area contributed by atoms with Gasteiger partial charge in [-0.2, -0.15) is 0 Å². The summed E-state index contributed by atoms with van der Waals surface area (Å²) in [5.74, 6) is 0. The molecule has 0 saturated carbocycles. The van der Waals surface area contributed by atoms with Crippen LogP contribution < -0.4 is 0 Å². The van der Waals surface area contributed by atoms with Gasteiger partial charge in [-0.3, -0.25) is 0 Å². The first-order chi connectivity index (χ1) is 32.2. The number of benzene rings is 10. The number of hydrogen-bond acceptors (Lipinski definition) is 3. The molecular formula is C60H34N2O2S. The molecule has 5 aromatic heterocycles. The maximum Gasteiger partial charge on any atom is 0.135 e. The second kappa shape index (κ2) is 13.1. The summed E-state index contributed by atoms with van der Waals surface area (Å²) in [5.41, 5.74) is 15.4. The van der Waals surface area contributed by atoms with Gasteiger partial charge in [0.1, 0.15) is 22.3 Å². The second-order valence-electron chi connectivity index (χ2n) is 17.3. The van der Waals surface area contributed by atoms with E-state index < -0.39 is 0 Å². The normalized spacial score (nSPS) is 12.3. The van der Waals surface area contributed by atoms with Crippen LogP contribution in [0.3, 0.4) is 0 Å². The summed E-state index contributed by atoms with van der Waals surface area (Å²) < 4.78 is 19.8. The minimum atomic E-state index is 0.912. The largest absolute Gasteiger partial charge is 0.456 e. The first-order valence-electron chi connectivity index (χ1n) is 22.1. The molecule has 0 saturated heterocycles. The third-order valence-electron chi connectivity index (χ3n) is 13.7. The standard InChI is InChI=1S/C60H34N2O2S/c1-5-13-51-41(9-1)45-29-35(37-19-25-57-47(31-37)43-11-3-7-15-55(43)63-57)17-23-53(45)61(51)39-21-27-59-49(33-39)50-34-40(22-28-60(50)65-59)62-52-14-6-2-10-42(52)46-30-36(18-24-54(46)62)38-20-26-58-48(32-38)44-12-4-8-16-56(44)64-58/h1-34H. The molecular weight excluding hydrogens is 813 g/mol. The van der Waals surface area contributed by atoms with Gasteiger partial charge in [0.2, 0.25) is 0 Å². The highest BCUT2D eigenvalue weighted by Gasteiger charge is 2.19. The summed E-state index contributed by atoms with van der Waals surface area (Å²) in [7, 11) is 0. The van der Waals surface area contributed by atoms with Crippen LogP contribution in [0.5, 0.6) is 0 Å². The van der Waals surface area contributed by atoms with Crippen LogP contribution in [-0.2, 0) is 0 Å². The van der Waals surface area contributed by atoms with Crippen molar-refractivity contribution < 1.29 is 8.83 Å². The minimum Gasteiger partial charge on any atom is -0.456 e. The van der Waals surface area contributed by atoms with E-state index in [0.717, 1.165) is 55.3 Å². The SMILES string of the molecule is c1ccc2c(c1)oc1ccc(-c3ccc4c(c3)c3ccccc3n4-c3ccc4sc5ccc(-n6c7ccccc7c7cc(-c8ccc9oc%10ccccc%10c9c8)ccc76)cc5c4c3)cc12. The number of hydrogen-bond donors (Lipinski definition) is 0. The molecule has 0 atom stereocenters. The van der Waals surface area contributed by atoms with Crippen molar-refractivity contribution in [3.63, 3.8) is 0 Å². The van der Waals surface area contributed by atoms with Crippen LogP contribution in [-0.4, -0.2) is 9.13 Å². The Morgan fingerprint density at radius 1 is 0.262 bits per heavy atom. The Morgan fingerprint density at radius 2 is 0.631 bits per heavy atom. The van der Waals surface area contributed by atoms with E-state index in [-0.39, 0.29) is 0 Å². The van der Waals surface area contributed by atoms with Gasteiger partial charge in [-0.1, -0.05) is 97.1 Å². The van der Waals surface area contributed by atoms with E-state index in [4.69, 9.17) is 8.83 Å². The lowest BCUT2D eigenvalue weighted by atomic mass is 10.0. The zero-order chi connectivity index (χ0) is 42.3. The molecule has 0 bridgehead atoms. The van der Waals surface area contributed by atoms with Crippen molar-refractivity contribution >= 4 is 119 Å². The van der Waals surface area contributed by atoms with Crippen molar-refractivity contribution in [2.75, 3.05) is 0 Å². The minimum absolute atomic E-state index is 0.912. The fourth-order valence-electron chi connectivity index (χ4n) is 10.7. The van der Waals surface area contributed by atoms with Gasteiger partial charge in [0.25, 0.3) is 0 Å². The van der Waals surface area contributed by atoms with Gasteiger partial charge < -0.3 is 18.0 Å². The second-order valence-corrected chi connectivity index (χ2v) is 18.3. The Balaban J connectivity index is 0.862. The number of aromatic nitrogens is 2. The predicted octanol–water partition coefficient (Wildman–Crippen LogP) is 17.4. The fraction of sp³-hybridized carbons (Fsp3) is 0. The maximum atomic E-state index is 6.16. The third kappa shape index (κ3) is 5.07. The van der Waals surface area contributed by atoms with Gasteiger partial charge in [-0.15, -0.1) is 11.3 Å². The van der Waals surface area contributed by atoms with Crippen molar-refractivity contribution in [3.8, 4) is 33.6 Å². The van der Waals surface area contributed by atoms with Gasteiger partial charge in [0.15, 0.2) is 0 Å². The number of thiophene rings is 1. The molecule has 4 nitrogen and oxygen atoms in total. The van der Waals surface area contributed by atoms with Crippen molar-refractivity contribution in [1.29, 1.82) is 0 Å². The Hall–Kier alpha value is -8.38. The first kappa shape index (κ1) is 35.1. The molecule has 0 aliphatic heterocycles. The van der Waals surface area contributed by atoms with Crippen molar-refractivity contribution in [3.05, 3.63) is 206 Å². The van der Waals surface area contributed by atoms with Gasteiger partial charge in [-0.25, -0.2) is 0 Å². The number of para-hydroxylation sites is 4. The van der Waals surface area contributed by atoms with Crippen LogP contribution in [0.1, 0.15) is 0 Å². The predicted molar refractivity (Wildman–Crippen MR) is 273 cm³/mol. The van der Waals surface area contributed by atoms with E-state index >= 15 is 0 Å². The molecule has 10 aromatic carbocycles. The van der Waals surface area contributed by atoms with E-state index in [1.54, 1.807) is 0 Å².